The average Bonchev–Trinajstić information content (AvgIpc) is 3.09. The number of aryl methyl sites for hydroxylation is 2. The molecule has 144 valence electrons. The lowest BCUT2D eigenvalue weighted by molar-refractivity contribution is 0.0603. The highest BCUT2D eigenvalue weighted by Crippen LogP contribution is 2.44. The maximum atomic E-state index is 13.4. The minimum absolute atomic E-state index is 0.0118. The number of hydrogen-bond acceptors (Lipinski definition) is 4. The Bertz CT molecular complexity index is 839. The van der Waals surface area contributed by atoms with Gasteiger partial charge in [-0.2, -0.15) is 0 Å². The van der Waals surface area contributed by atoms with E-state index in [0.29, 0.717) is 17.0 Å². The molecule has 0 spiro atoms. The first kappa shape index (κ1) is 18.0. The Morgan fingerprint density at radius 2 is 1.93 bits per heavy atom. The maximum absolute atomic E-state index is 13.4. The van der Waals surface area contributed by atoms with Gasteiger partial charge in [0.2, 0.25) is 0 Å². The first-order valence-electron chi connectivity index (χ1n) is 9.58. The summed E-state index contributed by atoms with van der Waals surface area (Å²) in [5, 5.41) is 3.95. The summed E-state index contributed by atoms with van der Waals surface area (Å²) in [6, 6.07) is 7.05. The Hall–Kier alpha value is -2.37. The number of carbonyl (C=O) groups excluding carboxylic acids is 1. The Kier molecular flexibility index (Phi) is 4.24. The lowest BCUT2D eigenvalue weighted by Gasteiger charge is -2.42. The lowest BCUT2D eigenvalue weighted by Crippen LogP contribution is -2.53. The van der Waals surface area contributed by atoms with Gasteiger partial charge in [-0.1, -0.05) is 5.16 Å². The minimum atomic E-state index is -0.230. The molecule has 0 saturated carbocycles. The number of nitrogens with zero attached hydrogens (tertiary/aromatic N) is 3. The predicted molar refractivity (Wildman–Crippen MR) is 101 cm³/mol. The Balaban J connectivity index is 1.68. The van der Waals surface area contributed by atoms with Crippen LogP contribution in [0.4, 0.5) is 10.1 Å². The maximum Gasteiger partial charge on any atom is 0.259 e. The van der Waals surface area contributed by atoms with Crippen molar-refractivity contribution in [1.82, 2.24) is 10.1 Å². The number of benzene rings is 1. The Morgan fingerprint density at radius 3 is 2.56 bits per heavy atom. The van der Waals surface area contributed by atoms with E-state index >= 15 is 0 Å². The van der Waals surface area contributed by atoms with Gasteiger partial charge < -0.3 is 14.3 Å². The monoisotopic (exact) mass is 371 g/mol. The van der Waals surface area contributed by atoms with Crippen LogP contribution in [-0.4, -0.2) is 40.1 Å². The van der Waals surface area contributed by atoms with Crippen molar-refractivity contribution >= 4 is 11.6 Å². The highest BCUT2D eigenvalue weighted by atomic mass is 19.1. The molecule has 27 heavy (non-hydrogen) atoms. The number of halogens is 1. The number of amides is 1. The second-order valence-electron chi connectivity index (χ2n) is 8.34. The summed E-state index contributed by atoms with van der Waals surface area (Å²) < 4.78 is 18.6. The fourth-order valence-corrected chi connectivity index (χ4v) is 4.97. The van der Waals surface area contributed by atoms with E-state index in [1.54, 1.807) is 6.92 Å². The van der Waals surface area contributed by atoms with Crippen LogP contribution in [0.5, 0.6) is 0 Å². The number of carbonyl (C=O) groups is 1. The van der Waals surface area contributed by atoms with Crippen LogP contribution in [0.3, 0.4) is 0 Å². The highest BCUT2D eigenvalue weighted by Gasteiger charge is 2.51. The molecule has 2 fully saturated rings. The molecule has 1 aromatic heterocycles. The van der Waals surface area contributed by atoms with E-state index in [-0.39, 0.29) is 29.3 Å². The summed E-state index contributed by atoms with van der Waals surface area (Å²) in [5.74, 6) is 0.358. The van der Waals surface area contributed by atoms with Crippen LogP contribution in [0.15, 0.2) is 28.8 Å². The summed E-state index contributed by atoms with van der Waals surface area (Å²) in [6.07, 6.45) is 2.85. The number of likely N-dealkylation sites (tertiary alicyclic amines) is 1. The molecule has 1 aromatic carbocycles. The van der Waals surface area contributed by atoms with E-state index in [1.807, 2.05) is 24.0 Å². The van der Waals surface area contributed by atoms with Gasteiger partial charge in [-0.25, -0.2) is 4.39 Å². The second-order valence-corrected chi connectivity index (χ2v) is 8.34. The van der Waals surface area contributed by atoms with Gasteiger partial charge in [0.15, 0.2) is 0 Å². The van der Waals surface area contributed by atoms with Crippen molar-refractivity contribution in [2.75, 3.05) is 11.4 Å². The Labute approximate surface area is 159 Å². The second kappa shape index (κ2) is 6.36. The quantitative estimate of drug-likeness (QED) is 0.798. The van der Waals surface area contributed by atoms with Crippen LogP contribution in [-0.2, 0) is 0 Å². The fraction of sp³-hybridized carbons (Fsp3) is 0.524. The van der Waals surface area contributed by atoms with E-state index in [2.05, 4.69) is 23.9 Å². The zero-order chi connectivity index (χ0) is 19.3. The SMILES string of the molecule is Cc1noc(C)c1C(=O)N1CCC[C@H]2[C@@H]1CC(C)(C)N2c1ccc(F)cc1. The molecule has 5 nitrogen and oxygen atoms in total. The summed E-state index contributed by atoms with van der Waals surface area (Å²) in [5.41, 5.74) is 2.14. The van der Waals surface area contributed by atoms with E-state index in [1.165, 1.54) is 12.1 Å². The molecular weight excluding hydrogens is 345 g/mol. The van der Waals surface area contributed by atoms with Gasteiger partial charge in [0.25, 0.3) is 5.91 Å². The molecule has 0 unspecified atom stereocenters. The molecule has 0 radical (unpaired) electrons. The normalized spacial score (nSPS) is 24.2. The van der Waals surface area contributed by atoms with E-state index < -0.39 is 0 Å². The van der Waals surface area contributed by atoms with Gasteiger partial charge in [0, 0.05) is 17.8 Å². The molecule has 2 atom stereocenters. The molecule has 6 heteroatoms. The standard InChI is InChI=1S/C21H26FN3O2/c1-13-19(14(2)27-23-13)20(26)24-11-5-6-17-18(24)12-21(3,4)25(17)16-9-7-15(22)8-10-16/h7-10,17-18H,5-6,11-12H2,1-4H3/t17-,18-/m0/s1. The number of rotatable bonds is 2. The molecule has 2 saturated heterocycles. The highest BCUT2D eigenvalue weighted by molar-refractivity contribution is 5.96. The smallest absolute Gasteiger partial charge is 0.259 e. The molecule has 0 bridgehead atoms. The van der Waals surface area contributed by atoms with Crippen LogP contribution < -0.4 is 4.90 Å². The zero-order valence-corrected chi connectivity index (χ0v) is 16.3. The Morgan fingerprint density at radius 1 is 1.22 bits per heavy atom. The van der Waals surface area contributed by atoms with E-state index in [9.17, 15) is 9.18 Å². The molecule has 0 aliphatic carbocycles. The molecule has 2 aliphatic heterocycles. The summed E-state index contributed by atoms with van der Waals surface area (Å²) in [7, 11) is 0. The molecule has 2 aliphatic rings. The third-order valence-corrected chi connectivity index (χ3v) is 6.05. The largest absolute Gasteiger partial charge is 0.361 e. The van der Waals surface area contributed by atoms with Crippen LogP contribution in [0, 0.1) is 19.7 Å². The number of hydrogen-bond donors (Lipinski definition) is 0. The topological polar surface area (TPSA) is 49.6 Å². The zero-order valence-electron chi connectivity index (χ0n) is 16.3. The van der Waals surface area contributed by atoms with Gasteiger partial charge in [0.1, 0.15) is 17.1 Å². The predicted octanol–water partition coefficient (Wildman–Crippen LogP) is 4.09. The van der Waals surface area contributed by atoms with Crippen LogP contribution >= 0.6 is 0 Å². The van der Waals surface area contributed by atoms with Gasteiger partial charge in [-0.05, 0) is 71.2 Å². The van der Waals surface area contributed by atoms with Crippen molar-refractivity contribution in [3.63, 3.8) is 0 Å². The summed E-state index contributed by atoms with van der Waals surface area (Å²) in [6.45, 7) is 8.75. The number of fused-ring (bicyclic) bond motifs is 1. The molecule has 1 amide bonds. The number of piperidine rings is 1. The van der Waals surface area contributed by atoms with E-state index in [0.717, 1.165) is 31.5 Å². The molecule has 0 N–H and O–H groups in total. The number of anilines is 1. The lowest BCUT2D eigenvalue weighted by atomic mass is 9.93. The summed E-state index contributed by atoms with van der Waals surface area (Å²) in [4.78, 5) is 17.7. The molecule has 4 rings (SSSR count). The third kappa shape index (κ3) is 2.91. The average molecular weight is 371 g/mol. The molecule has 3 heterocycles. The van der Waals surface area contributed by atoms with Crippen molar-refractivity contribution in [2.45, 2.75) is 64.6 Å². The van der Waals surface area contributed by atoms with Crippen LogP contribution in [0.25, 0.3) is 0 Å². The third-order valence-electron chi connectivity index (χ3n) is 6.05. The van der Waals surface area contributed by atoms with Gasteiger partial charge in [-0.3, -0.25) is 4.79 Å². The van der Waals surface area contributed by atoms with Crippen molar-refractivity contribution in [2.24, 2.45) is 0 Å². The first-order valence-corrected chi connectivity index (χ1v) is 9.58. The van der Waals surface area contributed by atoms with Crippen molar-refractivity contribution in [3.05, 3.63) is 47.1 Å². The van der Waals surface area contributed by atoms with E-state index in [4.69, 9.17) is 4.52 Å². The number of aromatic nitrogens is 1. The van der Waals surface area contributed by atoms with Crippen molar-refractivity contribution < 1.29 is 13.7 Å². The molecule has 2 aromatic rings. The van der Waals surface area contributed by atoms with Gasteiger partial charge >= 0.3 is 0 Å². The molecular formula is C21H26FN3O2. The van der Waals surface area contributed by atoms with Crippen molar-refractivity contribution in [1.29, 1.82) is 0 Å². The first-order chi connectivity index (χ1) is 12.8. The minimum Gasteiger partial charge on any atom is -0.361 e. The van der Waals surface area contributed by atoms with Gasteiger partial charge in [-0.15, -0.1) is 0 Å². The van der Waals surface area contributed by atoms with Crippen LogP contribution in [0.1, 0.15) is 54.9 Å². The fourth-order valence-electron chi connectivity index (χ4n) is 4.97. The van der Waals surface area contributed by atoms with Gasteiger partial charge in [0.05, 0.1) is 17.8 Å². The van der Waals surface area contributed by atoms with Crippen molar-refractivity contribution in [3.8, 4) is 0 Å². The summed E-state index contributed by atoms with van der Waals surface area (Å²) >= 11 is 0. The van der Waals surface area contributed by atoms with Crippen LogP contribution in [0.2, 0.25) is 0 Å².